The molecule has 0 aromatic rings. The van der Waals surface area contributed by atoms with Crippen molar-refractivity contribution in [2.75, 3.05) is 39.6 Å². The third-order valence-electron chi connectivity index (χ3n) is 6.92. The number of hydrogen-bond acceptors (Lipinski definition) is 7. The molecule has 0 bridgehead atoms. The molecule has 34 heavy (non-hydrogen) atoms. The zero-order chi connectivity index (χ0) is 24.9. The zero-order valence-electron chi connectivity index (χ0n) is 21.8. The molecule has 4 N–H and O–H groups in total. The van der Waals surface area contributed by atoms with E-state index in [2.05, 4.69) is 6.92 Å². The van der Waals surface area contributed by atoms with E-state index in [1.807, 2.05) is 0 Å². The summed E-state index contributed by atoms with van der Waals surface area (Å²) in [6, 6.07) is 0. The summed E-state index contributed by atoms with van der Waals surface area (Å²) in [4.78, 5) is 0. The molecule has 1 fully saturated rings. The average molecular weight is 491 g/mol. The second kappa shape index (κ2) is 20.9. The van der Waals surface area contributed by atoms with Gasteiger partial charge in [0.2, 0.25) is 0 Å². The Balaban J connectivity index is 2.65. The van der Waals surface area contributed by atoms with Crippen molar-refractivity contribution in [2.45, 2.75) is 134 Å². The van der Waals surface area contributed by atoms with Crippen LogP contribution in [0.2, 0.25) is 0 Å². The molecule has 0 heterocycles. The van der Waals surface area contributed by atoms with Crippen LogP contribution in [0.4, 0.5) is 0 Å². The van der Waals surface area contributed by atoms with Gasteiger partial charge in [-0.1, -0.05) is 12.8 Å². The van der Waals surface area contributed by atoms with Crippen molar-refractivity contribution in [3.8, 4) is 0 Å². The van der Waals surface area contributed by atoms with Gasteiger partial charge in [-0.05, 0) is 96.8 Å². The first-order chi connectivity index (χ1) is 16.6. The van der Waals surface area contributed by atoms with E-state index in [1.54, 1.807) is 0 Å². The van der Waals surface area contributed by atoms with Crippen LogP contribution in [0, 0.1) is 0 Å². The fourth-order valence-electron chi connectivity index (χ4n) is 4.71. The molecular formula is C27H54O7. The first-order valence-corrected chi connectivity index (χ1v) is 13.9. The molecule has 204 valence electrons. The summed E-state index contributed by atoms with van der Waals surface area (Å²) < 4.78 is 18.7. The van der Waals surface area contributed by atoms with E-state index >= 15 is 0 Å². The van der Waals surface area contributed by atoms with Crippen molar-refractivity contribution in [3.05, 3.63) is 0 Å². The van der Waals surface area contributed by atoms with Gasteiger partial charge in [-0.2, -0.15) is 0 Å². The summed E-state index contributed by atoms with van der Waals surface area (Å²) in [6.07, 6.45) is 13.4. The highest BCUT2D eigenvalue weighted by molar-refractivity contribution is 4.84. The Morgan fingerprint density at radius 2 is 1.03 bits per heavy atom. The molecule has 1 aliphatic carbocycles. The molecule has 4 unspecified atom stereocenters. The Labute approximate surface area is 208 Å². The molecule has 7 nitrogen and oxygen atoms in total. The average Bonchev–Trinajstić information content (AvgIpc) is 2.83. The summed E-state index contributed by atoms with van der Waals surface area (Å²) in [5.74, 6) is 0. The van der Waals surface area contributed by atoms with E-state index in [0.29, 0.717) is 13.2 Å². The topological polar surface area (TPSA) is 109 Å². The van der Waals surface area contributed by atoms with Crippen LogP contribution >= 0.6 is 0 Å². The van der Waals surface area contributed by atoms with Gasteiger partial charge in [-0.3, -0.25) is 0 Å². The van der Waals surface area contributed by atoms with Gasteiger partial charge in [-0.15, -0.1) is 0 Å². The summed E-state index contributed by atoms with van der Waals surface area (Å²) in [7, 11) is 0. The summed E-state index contributed by atoms with van der Waals surface area (Å²) in [5.41, 5.74) is -0.179. The van der Waals surface area contributed by atoms with Crippen LogP contribution in [0.15, 0.2) is 0 Å². The van der Waals surface area contributed by atoms with Crippen molar-refractivity contribution < 1.29 is 34.6 Å². The lowest BCUT2D eigenvalue weighted by atomic mass is 9.87. The molecule has 1 rings (SSSR count). The maximum absolute atomic E-state index is 11.2. The lowest BCUT2D eigenvalue weighted by molar-refractivity contribution is -0.125. The van der Waals surface area contributed by atoms with Crippen LogP contribution in [0.3, 0.4) is 0 Å². The molecular weight excluding hydrogens is 436 g/mol. The molecule has 0 amide bonds. The van der Waals surface area contributed by atoms with Gasteiger partial charge in [0.05, 0.1) is 17.8 Å². The maximum Gasteiger partial charge on any atom is 0.106 e. The highest BCUT2D eigenvalue weighted by Crippen LogP contribution is 2.30. The third kappa shape index (κ3) is 15.0. The van der Waals surface area contributed by atoms with Crippen LogP contribution in [0.5, 0.6) is 0 Å². The number of aliphatic hydroxyl groups excluding tert-OH is 4. The van der Waals surface area contributed by atoms with Crippen molar-refractivity contribution in [1.29, 1.82) is 0 Å². The number of aliphatic hydroxyl groups is 4. The largest absolute Gasteiger partial charge is 0.396 e. The lowest BCUT2D eigenvalue weighted by Gasteiger charge is -2.36. The molecule has 4 atom stereocenters. The van der Waals surface area contributed by atoms with Crippen LogP contribution in [0.25, 0.3) is 0 Å². The molecule has 1 aliphatic rings. The van der Waals surface area contributed by atoms with Gasteiger partial charge >= 0.3 is 0 Å². The second-order valence-electron chi connectivity index (χ2n) is 10.1. The van der Waals surface area contributed by atoms with Crippen molar-refractivity contribution in [2.24, 2.45) is 0 Å². The van der Waals surface area contributed by atoms with Gasteiger partial charge in [-0.25, -0.2) is 0 Å². The molecule has 0 spiro atoms. The van der Waals surface area contributed by atoms with E-state index in [0.717, 1.165) is 109 Å². The zero-order valence-corrected chi connectivity index (χ0v) is 21.8. The van der Waals surface area contributed by atoms with Crippen molar-refractivity contribution in [3.63, 3.8) is 0 Å². The van der Waals surface area contributed by atoms with E-state index in [4.69, 9.17) is 29.5 Å². The fraction of sp³-hybridized carbons (Fsp3) is 1.00. The van der Waals surface area contributed by atoms with Crippen molar-refractivity contribution >= 4 is 0 Å². The van der Waals surface area contributed by atoms with Gasteiger partial charge in [0.15, 0.2) is 0 Å². The third-order valence-corrected chi connectivity index (χ3v) is 6.92. The minimum absolute atomic E-state index is 0.179. The predicted molar refractivity (Wildman–Crippen MR) is 135 cm³/mol. The van der Waals surface area contributed by atoms with Gasteiger partial charge in [0.25, 0.3) is 0 Å². The first-order valence-electron chi connectivity index (χ1n) is 13.9. The lowest BCUT2D eigenvalue weighted by Crippen LogP contribution is -2.42. The van der Waals surface area contributed by atoms with E-state index in [-0.39, 0.29) is 37.6 Å². The molecule has 0 saturated heterocycles. The number of rotatable bonds is 19. The molecule has 0 aromatic carbocycles. The quantitative estimate of drug-likeness (QED) is 0.202. The summed E-state index contributed by atoms with van der Waals surface area (Å²) in [6.45, 7) is 4.82. The fourth-order valence-corrected chi connectivity index (χ4v) is 4.71. The standard InChI is InChI=1S/C27H54O7/c1-27(34-23-11-5-8-20-30)16-12-14-24(32-21-9-3-2-6-18-28)26(31)25(15-13-17-27)33-22-10-4-7-19-29/h24-26,28-31H,2-23H2,1H3. The Kier molecular flexibility index (Phi) is 19.5. The highest BCUT2D eigenvalue weighted by atomic mass is 16.5. The minimum atomic E-state index is -0.640. The second-order valence-corrected chi connectivity index (χ2v) is 10.1. The Hall–Kier alpha value is -0.280. The van der Waals surface area contributed by atoms with E-state index in [1.165, 1.54) is 0 Å². The molecule has 7 heteroatoms. The molecule has 0 aliphatic heterocycles. The number of hydrogen-bond donors (Lipinski definition) is 4. The van der Waals surface area contributed by atoms with Crippen LogP contribution < -0.4 is 0 Å². The summed E-state index contributed by atoms with van der Waals surface area (Å²) >= 11 is 0. The maximum atomic E-state index is 11.2. The van der Waals surface area contributed by atoms with Crippen LogP contribution in [0.1, 0.15) is 110 Å². The van der Waals surface area contributed by atoms with Gasteiger partial charge < -0.3 is 34.6 Å². The monoisotopic (exact) mass is 490 g/mol. The Bertz CT molecular complexity index is 451. The summed E-state index contributed by atoms with van der Waals surface area (Å²) in [5, 5.41) is 38.1. The minimum Gasteiger partial charge on any atom is -0.396 e. The van der Waals surface area contributed by atoms with Gasteiger partial charge in [0, 0.05) is 39.6 Å². The Morgan fingerprint density at radius 1 is 0.618 bits per heavy atom. The SMILES string of the molecule is CC1(OCCCCCO)CCCC(OCCCCCO)C(O)C(OCCCCCCO)CCC1. The molecule has 0 radical (unpaired) electrons. The number of ether oxygens (including phenoxy) is 3. The van der Waals surface area contributed by atoms with Crippen LogP contribution in [-0.4, -0.2) is 84.0 Å². The number of unbranched alkanes of at least 4 members (excludes halogenated alkanes) is 7. The van der Waals surface area contributed by atoms with Crippen LogP contribution in [-0.2, 0) is 14.2 Å². The van der Waals surface area contributed by atoms with E-state index < -0.39 is 6.10 Å². The van der Waals surface area contributed by atoms with E-state index in [9.17, 15) is 5.11 Å². The van der Waals surface area contributed by atoms with Crippen molar-refractivity contribution in [1.82, 2.24) is 0 Å². The molecule has 1 saturated carbocycles. The predicted octanol–water partition coefficient (Wildman–Crippen LogP) is 4.13. The Morgan fingerprint density at radius 3 is 1.50 bits per heavy atom. The highest BCUT2D eigenvalue weighted by Gasteiger charge is 2.33. The first kappa shape index (κ1) is 31.7. The smallest absolute Gasteiger partial charge is 0.106 e. The van der Waals surface area contributed by atoms with Gasteiger partial charge in [0.1, 0.15) is 6.10 Å². The normalized spacial score (nSPS) is 26.6. The molecule has 0 aromatic heterocycles.